The number of aryl methyl sites for hydroxylation is 3. The number of pyridine rings is 1. The minimum Gasteiger partial charge on any atom is -0.480 e. The van der Waals surface area contributed by atoms with E-state index < -0.39 is 15.9 Å². The van der Waals surface area contributed by atoms with E-state index in [1.165, 1.54) is 25.6 Å². The van der Waals surface area contributed by atoms with E-state index in [0.29, 0.717) is 11.3 Å². The maximum Gasteiger partial charge on any atom is 0.273 e. The molecule has 152 valence electrons. The Kier molecular flexibility index (Phi) is 5.55. The number of hydrogen-bond acceptors (Lipinski definition) is 6. The van der Waals surface area contributed by atoms with E-state index in [0.717, 1.165) is 11.1 Å². The number of aromatic nitrogens is 3. The quantitative estimate of drug-likeness (QED) is 0.568. The summed E-state index contributed by atoms with van der Waals surface area (Å²) in [6, 6.07) is 6.76. The van der Waals surface area contributed by atoms with Crippen molar-refractivity contribution in [3.05, 3.63) is 59.0 Å². The fourth-order valence-corrected chi connectivity index (χ4v) is 4.13. The number of carbonyl (C=O) groups is 1. The van der Waals surface area contributed by atoms with Crippen LogP contribution in [0.15, 0.2) is 41.6 Å². The summed E-state index contributed by atoms with van der Waals surface area (Å²) in [4.78, 5) is 16.2. The predicted octanol–water partition coefficient (Wildman–Crippen LogP) is 2.79. The topological polar surface area (TPSA) is 126 Å². The van der Waals surface area contributed by atoms with Gasteiger partial charge in [-0.3, -0.25) is 14.6 Å². The molecule has 3 N–H and O–H groups in total. The highest BCUT2D eigenvalue weighted by Gasteiger charge is 2.24. The first-order valence-corrected chi connectivity index (χ1v) is 10.2. The van der Waals surface area contributed by atoms with Gasteiger partial charge < -0.3 is 10.1 Å². The van der Waals surface area contributed by atoms with Crippen molar-refractivity contribution in [3.8, 4) is 5.88 Å². The Morgan fingerprint density at radius 2 is 1.79 bits per heavy atom. The molecule has 0 saturated heterocycles. The molecule has 2 heterocycles. The number of nitrogens with zero attached hydrogens (tertiary/aromatic N) is 2. The van der Waals surface area contributed by atoms with E-state index >= 15 is 0 Å². The minimum absolute atomic E-state index is 0.0838. The second-order valence-corrected chi connectivity index (χ2v) is 8.14. The molecule has 29 heavy (non-hydrogen) atoms. The molecular formula is C19H21N5O4S. The van der Waals surface area contributed by atoms with Gasteiger partial charge in [-0.05, 0) is 43.5 Å². The van der Waals surface area contributed by atoms with E-state index in [-0.39, 0.29) is 22.2 Å². The molecule has 0 aliphatic carbocycles. The number of methoxy groups -OCH3 is 1. The van der Waals surface area contributed by atoms with E-state index in [4.69, 9.17) is 4.74 Å². The predicted molar refractivity (Wildman–Crippen MR) is 109 cm³/mol. The SMILES string of the molecule is COc1ncc(NC(=O)c2[nH]ncc2C)cc1S(=O)(=O)Nc1c(C)cccc1C. The van der Waals surface area contributed by atoms with Crippen molar-refractivity contribution in [1.29, 1.82) is 0 Å². The molecule has 9 nitrogen and oxygen atoms in total. The lowest BCUT2D eigenvalue weighted by Crippen LogP contribution is -2.18. The Morgan fingerprint density at radius 1 is 1.10 bits per heavy atom. The summed E-state index contributed by atoms with van der Waals surface area (Å²) in [5.74, 6) is -0.544. The van der Waals surface area contributed by atoms with Gasteiger partial charge in [0.25, 0.3) is 15.9 Å². The zero-order chi connectivity index (χ0) is 21.2. The molecule has 2 aromatic heterocycles. The van der Waals surface area contributed by atoms with Gasteiger partial charge in [0, 0.05) is 0 Å². The highest BCUT2D eigenvalue weighted by Crippen LogP contribution is 2.29. The normalized spacial score (nSPS) is 11.2. The second kappa shape index (κ2) is 7.92. The third-order valence-electron chi connectivity index (χ3n) is 4.33. The number of H-pyrrole nitrogens is 1. The van der Waals surface area contributed by atoms with Crippen molar-refractivity contribution in [2.45, 2.75) is 25.7 Å². The first kappa shape index (κ1) is 20.3. The smallest absolute Gasteiger partial charge is 0.273 e. The van der Waals surface area contributed by atoms with Gasteiger partial charge in [0.15, 0.2) is 4.90 Å². The largest absolute Gasteiger partial charge is 0.480 e. The number of nitrogens with one attached hydrogen (secondary N) is 3. The van der Waals surface area contributed by atoms with Gasteiger partial charge in [-0.1, -0.05) is 18.2 Å². The van der Waals surface area contributed by atoms with Crippen molar-refractivity contribution in [1.82, 2.24) is 15.2 Å². The Bertz CT molecular complexity index is 1150. The molecule has 0 aliphatic heterocycles. The van der Waals surface area contributed by atoms with E-state index in [1.54, 1.807) is 6.92 Å². The number of anilines is 2. The first-order chi connectivity index (χ1) is 13.7. The van der Waals surface area contributed by atoms with E-state index in [1.807, 2.05) is 32.0 Å². The van der Waals surface area contributed by atoms with Crippen LogP contribution in [0.2, 0.25) is 0 Å². The molecule has 0 saturated carbocycles. The number of carbonyl (C=O) groups excluding carboxylic acids is 1. The lowest BCUT2D eigenvalue weighted by atomic mass is 10.1. The van der Waals surface area contributed by atoms with Gasteiger partial charge in [-0.25, -0.2) is 13.4 Å². The maximum absolute atomic E-state index is 13.0. The fraction of sp³-hybridized carbons (Fsp3) is 0.211. The summed E-state index contributed by atoms with van der Waals surface area (Å²) < 4.78 is 33.8. The number of para-hydroxylation sites is 1. The standard InChI is InChI=1S/C19H21N5O4S/c1-11-6-5-7-12(2)16(11)24-29(26,27)15-8-14(10-20-19(15)28-4)22-18(25)17-13(3)9-21-23-17/h5-10,24H,1-4H3,(H,21,23)(H,22,25). The van der Waals surface area contributed by atoms with Crippen LogP contribution in [-0.2, 0) is 10.0 Å². The molecule has 0 radical (unpaired) electrons. The average Bonchev–Trinajstić information content (AvgIpc) is 3.11. The fourth-order valence-electron chi connectivity index (χ4n) is 2.78. The number of sulfonamides is 1. The van der Waals surface area contributed by atoms with Gasteiger partial charge in [-0.2, -0.15) is 5.10 Å². The second-order valence-electron chi connectivity index (χ2n) is 6.49. The lowest BCUT2D eigenvalue weighted by Gasteiger charge is -2.15. The van der Waals surface area contributed by atoms with Crippen LogP contribution in [0.25, 0.3) is 0 Å². The summed E-state index contributed by atoms with van der Waals surface area (Å²) >= 11 is 0. The Morgan fingerprint density at radius 3 is 2.38 bits per heavy atom. The number of rotatable bonds is 6. The van der Waals surface area contributed by atoms with E-state index in [9.17, 15) is 13.2 Å². The first-order valence-electron chi connectivity index (χ1n) is 8.67. The highest BCUT2D eigenvalue weighted by molar-refractivity contribution is 7.92. The zero-order valence-electron chi connectivity index (χ0n) is 16.4. The van der Waals surface area contributed by atoms with Crippen LogP contribution in [0, 0.1) is 20.8 Å². The summed E-state index contributed by atoms with van der Waals surface area (Å²) in [7, 11) is -2.70. The molecule has 0 spiro atoms. The number of benzene rings is 1. The van der Waals surface area contributed by atoms with Crippen molar-refractivity contribution >= 4 is 27.3 Å². The molecule has 3 aromatic rings. The van der Waals surface area contributed by atoms with Gasteiger partial charge in [0.1, 0.15) is 5.69 Å². The van der Waals surface area contributed by atoms with Gasteiger partial charge in [0.05, 0.1) is 30.9 Å². The third-order valence-corrected chi connectivity index (χ3v) is 5.68. The number of amides is 1. The molecule has 10 heteroatoms. The maximum atomic E-state index is 13.0. The molecule has 0 fully saturated rings. The van der Waals surface area contributed by atoms with Crippen molar-refractivity contribution in [2.75, 3.05) is 17.1 Å². The van der Waals surface area contributed by atoms with Crippen molar-refractivity contribution in [2.24, 2.45) is 0 Å². The monoisotopic (exact) mass is 415 g/mol. The summed E-state index contributed by atoms with van der Waals surface area (Å²) in [6.07, 6.45) is 2.84. The van der Waals surface area contributed by atoms with Gasteiger partial charge in [0.2, 0.25) is 5.88 Å². The average molecular weight is 415 g/mol. The molecule has 1 amide bonds. The summed E-state index contributed by atoms with van der Waals surface area (Å²) in [5.41, 5.74) is 3.18. The molecule has 0 bridgehead atoms. The van der Waals surface area contributed by atoms with Crippen LogP contribution in [0.1, 0.15) is 27.2 Å². The third kappa shape index (κ3) is 4.21. The van der Waals surface area contributed by atoms with Crippen LogP contribution in [0.4, 0.5) is 11.4 Å². The van der Waals surface area contributed by atoms with Crippen LogP contribution >= 0.6 is 0 Å². The summed E-state index contributed by atoms with van der Waals surface area (Å²) in [5, 5.41) is 9.02. The highest BCUT2D eigenvalue weighted by atomic mass is 32.2. The number of hydrogen-bond donors (Lipinski definition) is 3. The van der Waals surface area contributed by atoms with Gasteiger partial charge >= 0.3 is 0 Å². The number of ether oxygens (including phenoxy) is 1. The van der Waals surface area contributed by atoms with Crippen LogP contribution in [0.5, 0.6) is 5.88 Å². The molecule has 0 unspecified atom stereocenters. The van der Waals surface area contributed by atoms with Crippen molar-refractivity contribution in [3.63, 3.8) is 0 Å². The van der Waals surface area contributed by atoms with Gasteiger partial charge in [-0.15, -0.1) is 0 Å². The summed E-state index contributed by atoms with van der Waals surface area (Å²) in [6.45, 7) is 5.35. The zero-order valence-corrected chi connectivity index (χ0v) is 17.2. The minimum atomic E-state index is -4.03. The molecule has 0 atom stereocenters. The number of aromatic amines is 1. The van der Waals surface area contributed by atoms with Crippen LogP contribution < -0.4 is 14.8 Å². The molecular weight excluding hydrogens is 394 g/mol. The Hall–Kier alpha value is -3.40. The Balaban J connectivity index is 1.96. The van der Waals surface area contributed by atoms with Crippen LogP contribution in [0.3, 0.4) is 0 Å². The molecule has 1 aromatic carbocycles. The lowest BCUT2D eigenvalue weighted by molar-refractivity contribution is 0.102. The molecule has 3 rings (SSSR count). The van der Waals surface area contributed by atoms with Crippen molar-refractivity contribution < 1.29 is 17.9 Å². The van der Waals surface area contributed by atoms with E-state index in [2.05, 4.69) is 25.2 Å². The molecule has 0 aliphatic rings. The van der Waals surface area contributed by atoms with Crippen LogP contribution in [-0.4, -0.2) is 36.6 Å². The Labute approximate surface area is 168 Å².